The Labute approximate surface area is 85.3 Å². The van der Waals surface area contributed by atoms with Crippen molar-refractivity contribution in [2.45, 2.75) is 32.1 Å². The van der Waals surface area contributed by atoms with Crippen molar-refractivity contribution in [1.29, 1.82) is 0 Å². The molecule has 1 saturated carbocycles. The van der Waals surface area contributed by atoms with Gasteiger partial charge in [0.2, 0.25) is 5.91 Å². The Kier molecular flexibility index (Phi) is 4.90. The molecule has 0 radical (unpaired) electrons. The number of nitrogens with zero attached hydrogens (tertiary/aromatic N) is 1. The van der Waals surface area contributed by atoms with Crippen LogP contribution in [0.2, 0.25) is 0 Å². The van der Waals surface area contributed by atoms with Crippen LogP contribution in [-0.2, 0) is 9.63 Å². The minimum Gasteiger partial charge on any atom is -0.343 e. The number of hydrogen-bond acceptors (Lipinski definition) is 3. The van der Waals surface area contributed by atoms with Crippen LogP contribution in [0.15, 0.2) is 0 Å². The summed E-state index contributed by atoms with van der Waals surface area (Å²) in [7, 11) is 1.82. The van der Waals surface area contributed by atoms with Gasteiger partial charge in [-0.2, -0.15) is 0 Å². The number of nitrogens with two attached hydrogens (primary N) is 1. The van der Waals surface area contributed by atoms with Crippen molar-refractivity contribution in [1.82, 2.24) is 4.90 Å². The number of carbonyl (C=O) groups excluding carboxylic acids is 1. The van der Waals surface area contributed by atoms with Gasteiger partial charge in [-0.05, 0) is 12.8 Å². The second-order valence-corrected chi connectivity index (χ2v) is 3.97. The van der Waals surface area contributed by atoms with E-state index in [0.29, 0.717) is 13.2 Å². The first kappa shape index (κ1) is 11.5. The van der Waals surface area contributed by atoms with Crippen molar-refractivity contribution in [3.63, 3.8) is 0 Å². The van der Waals surface area contributed by atoms with E-state index in [1.54, 1.807) is 4.90 Å². The summed E-state index contributed by atoms with van der Waals surface area (Å²) in [5, 5.41) is 0. The highest BCUT2D eigenvalue weighted by molar-refractivity contribution is 5.78. The molecule has 0 aromatic heterocycles. The minimum absolute atomic E-state index is 0.242. The third-order valence-electron chi connectivity index (χ3n) is 2.88. The fourth-order valence-electron chi connectivity index (χ4n) is 1.96. The third kappa shape index (κ3) is 3.27. The molecule has 0 aromatic rings. The van der Waals surface area contributed by atoms with Gasteiger partial charge in [-0.1, -0.05) is 19.3 Å². The van der Waals surface area contributed by atoms with Crippen molar-refractivity contribution in [3.05, 3.63) is 0 Å². The van der Waals surface area contributed by atoms with Crippen molar-refractivity contribution in [2.75, 3.05) is 20.2 Å². The van der Waals surface area contributed by atoms with Gasteiger partial charge in [0.15, 0.2) is 0 Å². The Morgan fingerprint density at radius 1 is 1.43 bits per heavy atom. The van der Waals surface area contributed by atoms with Crippen LogP contribution in [-0.4, -0.2) is 31.0 Å². The Morgan fingerprint density at radius 2 is 2.07 bits per heavy atom. The van der Waals surface area contributed by atoms with Gasteiger partial charge < -0.3 is 9.74 Å². The molecule has 1 rings (SSSR count). The molecular weight excluding hydrogens is 180 g/mol. The molecular formula is C10H20N2O2. The molecule has 4 nitrogen and oxygen atoms in total. The highest BCUT2D eigenvalue weighted by Crippen LogP contribution is 2.24. The molecule has 0 aliphatic heterocycles. The van der Waals surface area contributed by atoms with Gasteiger partial charge in [-0.3, -0.25) is 4.79 Å². The second kappa shape index (κ2) is 5.98. The number of hydrogen-bond donors (Lipinski definition) is 1. The van der Waals surface area contributed by atoms with Crippen LogP contribution in [0.25, 0.3) is 0 Å². The lowest BCUT2D eigenvalue weighted by molar-refractivity contribution is -0.135. The molecule has 0 unspecified atom stereocenters. The lowest BCUT2D eigenvalue weighted by atomic mass is 9.88. The zero-order chi connectivity index (χ0) is 10.4. The minimum atomic E-state index is 0.242. The molecule has 0 spiro atoms. The number of carbonyl (C=O) groups is 1. The van der Waals surface area contributed by atoms with Crippen LogP contribution in [0.1, 0.15) is 32.1 Å². The second-order valence-electron chi connectivity index (χ2n) is 3.97. The van der Waals surface area contributed by atoms with Gasteiger partial charge >= 0.3 is 0 Å². The van der Waals surface area contributed by atoms with E-state index >= 15 is 0 Å². The predicted octanol–water partition coefficient (Wildman–Crippen LogP) is 0.915. The van der Waals surface area contributed by atoms with Crippen LogP contribution in [0.4, 0.5) is 0 Å². The van der Waals surface area contributed by atoms with E-state index in [1.807, 2.05) is 7.05 Å². The molecule has 4 heteroatoms. The van der Waals surface area contributed by atoms with Crippen LogP contribution in [0.5, 0.6) is 0 Å². The summed E-state index contributed by atoms with van der Waals surface area (Å²) in [6.07, 6.45) is 5.76. The topological polar surface area (TPSA) is 55.6 Å². The molecule has 1 amide bonds. The van der Waals surface area contributed by atoms with E-state index in [1.165, 1.54) is 19.3 Å². The summed E-state index contributed by atoms with van der Waals surface area (Å²) >= 11 is 0. The van der Waals surface area contributed by atoms with E-state index in [-0.39, 0.29) is 11.8 Å². The van der Waals surface area contributed by atoms with Crippen LogP contribution in [0, 0.1) is 5.92 Å². The smallest absolute Gasteiger partial charge is 0.225 e. The maximum absolute atomic E-state index is 11.8. The van der Waals surface area contributed by atoms with Crippen LogP contribution in [0.3, 0.4) is 0 Å². The highest BCUT2D eigenvalue weighted by Gasteiger charge is 2.23. The largest absolute Gasteiger partial charge is 0.343 e. The fraction of sp³-hybridized carbons (Fsp3) is 0.900. The standard InChI is InChI=1S/C10H20N2O2/c1-12(7-8-14-11)10(13)9-5-3-2-4-6-9/h9H,2-8,11H2,1H3. The van der Waals surface area contributed by atoms with Gasteiger partial charge in [-0.25, -0.2) is 5.90 Å². The molecule has 0 saturated heterocycles. The van der Waals surface area contributed by atoms with Crippen molar-refractivity contribution in [3.8, 4) is 0 Å². The van der Waals surface area contributed by atoms with Gasteiger partial charge in [-0.15, -0.1) is 0 Å². The summed E-state index contributed by atoms with van der Waals surface area (Å²) in [5.41, 5.74) is 0. The van der Waals surface area contributed by atoms with E-state index in [0.717, 1.165) is 12.8 Å². The van der Waals surface area contributed by atoms with Crippen molar-refractivity contribution in [2.24, 2.45) is 11.8 Å². The van der Waals surface area contributed by atoms with Crippen molar-refractivity contribution < 1.29 is 9.63 Å². The summed E-state index contributed by atoms with van der Waals surface area (Å²) in [5.74, 6) is 5.41. The molecule has 0 aromatic carbocycles. The Balaban J connectivity index is 2.30. The Hall–Kier alpha value is -0.610. The molecule has 0 atom stereocenters. The maximum Gasteiger partial charge on any atom is 0.225 e. The molecule has 1 fully saturated rings. The molecule has 14 heavy (non-hydrogen) atoms. The van der Waals surface area contributed by atoms with Gasteiger partial charge in [0.25, 0.3) is 0 Å². The zero-order valence-electron chi connectivity index (χ0n) is 8.87. The molecule has 0 bridgehead atoms. The molecule has 2 N–H and O–H groups in total. The van der Waals surface area contributed by atoms with Gasteiger partial charge in [0.05, 0.1) is 6.61 Å². The lowest BCUT2D eigenvalue weighted by Gasteiger charge is -2.26. The zero-order valence-corrected chi connectivity index (χ0v) is 8.87. The lowest BCUT2D eigenvalue weighted by Crippen LogP contribution is -2.36. The number of likely N-dealkylation sites (N-methyl/N-ethyl adjacent to an activating group) is 1. The summed E-state index contributed by atoms with van der Waals surface area (Å²) in [6, 6.07) is 0. The highest BCUT2D eigenvalue weighted by atomic mass is 16.6. The number of amides is 1. The summed E-state index contributed by atoms with van der Waals surface area (Å²) in [4.78, 5) is 18.0. The average Bonchev–Trinajstić information content (AvgIpc) is 2.26. The Bertz CT molecular complexity index is 179. The quantitative estimate of drug-likeness (QED) is 0.686. The van der Waals surface area contributed by atoms with E-state index in [4.69, 9.17) is 5.90 Å². The SMILES string of the molecule is CN(CCON)C(=O)C1CCCCC1. The van der Waals surface area contributed by atoms with Crippen LogP contribution < -0.4 is 5.90 Å². The molecule has 82 valence electrons. The maximum atomic E-state index is 11.8. The monoisotopic (exact) mass is 200 g/mol. The van der Waals surface area contributed by atoms with Crippen LogP contribution >= 0.6 is 0 Å². The van der Waals surface area contributed by atoms with Gasteiger partial charge in [0, 0.05) is 19.5 Å². The fourth-order valence-corrected chi connectivity index (χ4v) is 1.96. The molecule has 1 aliphatic rings. The Morgan fingerprint density at radius 3 is 2.64 bits per heavy atom. The molecule has 1 aliphatic carbocycles. The summed E-state index contributed by atoms with van der Waals surface area (Å²) in [6.45, 7) is 1.00. The van der Waals surface area contributed by atoms with E-state index in [2.05, 4.69) is 4.84 Å². The normalized spacial score (nSPS) is 18.1. The first-order valence-corrected chi connectivity index (χ1v) is 5.32. The predicted molar refractivity (Wildman–Crippen MR) is 54.4 cm³/mol. The first-order chi connectivity index (χ1) is 6.75. The first-order valence-electron chi connectivity index (χ1n) is 5.32. The van der Waals surface area contributed by atoms with E-state index in [9.17, 15) is 4.79 Å². The third-order valence-corrected chi connectivity index (χ3v) is 2.88. The van der Waals surface area contributed by atoms with E-state index < -0.39 is 0 Å². The number of rotatable bonds is 4. The summed E-state index contributed by atoms with van der Waals surface area (Å²) < 4.78 is 0. The van der Waals surface area contributed by atoms with Crippen molar-refractivity contribution >= 4 is 5.91 Å². The van der Waals surface area contributed by atoms with Gasteiger partial charge in [0.1, 0.15) is 0 Å². The molecule has 0 heterocycles. The average molecular weight is 200 g/mol.